The second-order valence-corrected chi connectivity index (χ2v) is 11.6. The summed E-state index contributed by atoms with van der Waals surface area (Å²) in [6.07, 6.45) is 9.47. The van der Waals surface area contributed by atoms with Crippen LogP contribution in [0.5, 0.6) is 5.75 Å². The van der Waals surface area contributed by atoms with Gasteiger partial charge in [-0.05, 0) is 69.0 Å². The highest BCUT2D eigenvalue weighted by Crippen LogP contribution is 2.65. The number of ether oxygens (including phenoxy) is 2. The molecule has 2 fully saturated rings. The Morgan fingerprint density at radius 1 is 1.27 bits per heavy atom. The third-order valence-electron chi connectivity index (χ3n) is 9.09. The number of nitrogens with zero attached hydrogens (tertiary/aromatic N) is 2. The first kappa shape index (κ1) is 24.3. The summed E-state index contributed by atoms with van der Waals surface area (Å²) in [6, 6.07) is 8.10. The van der Waals surface area contributed by atoms with Gasteiger partial charge in [0.2, 0.25) is 5.91 Å². The number of esters is 1. The lowest BCUT2D eigenvalue weighted by molar-refractivity contribution is -0.221. The average Bonchev–Trinajstić information content (AvgIpc) is 3.49. The van der Waals surface area contributed by atoms with Gasteiger partial charge in [0.15, 0.2) is 0 Å². The molecule has 2 bridgehead atoms. The van der Waals surface area contributed by atoms with Gasteiger partial charge in [-0.1, -0.05) is 26.0 Å². The Morgan fingerprint density at radius 2 is 2.11 bits per heavy atom. The van der Waals surface area contributed by atoms with Crippen LogP contribution >= 0.6 is 0 Å². The Balaban J connectivity index is 1.46. The first-order valence-electron chi connectivity index (χ1n) is 13.5. The van der Waals surface area contributed by atoms with E-state index in [9.17, 15) is 9.59 Å². The molecule has 4 aliphatic rings. The Bertz CT molecular complexity index is 1240. The maximum atomic E-state index is 13.7. The third-order valence-corrected chi connectivity index (χ3v) is 9.09. The topological polar surface area (TPSA) is 72.2 Å². The lowest BCUT2D eigenvalue weighted by Crippen LogP contribution is -2.79. The molecule has 2 aliphatic heterocycles. The first-order valence-corrected chi connectivity index (χ1v) is 13.5. The van der Waals surface area contributed by atoms with Gasteiger partial charge < -0.3 is 18.8 Å². The van der Waals surface area contributed by atoms with Crippen molar-refractivity contribution in [2.75, 3.05) is 20.1 Å². The fourth-order valence-electron chi connectivity index (χ4n) is 7.86. The molecular formula is C30H36N2O5. The quantitative estimate of drug-likeness (QED) is 0.434. The van der Waals surface area contributed by atoms with Crippen molar-refractivity contribution in [2.45, 2.75) is 75.7 Å². The van der Waals surface area contributed by atoms with Crippen LogP contribution in [0.15, 0.2) is 47.3 Å². The van der Waals surface area contributed by atoms with E-state index in [-0.39, 0.29) is 30.1 Å². The molecule has 1 saturated carbocycles. The Morgan fingerprint density at radius 3 is 2.84 bits per heavy atom. The molecule has 1 spiro atoms. The van der Waals surface area contributed by atoms with Gasteiger partial charge in [-0.15, -0.1) is 0 Å². The molecule has 2 aliphatic carbocycles. The number of likely N-dealkylation sites (tertiary alicyclic amines) is 1. The van der Waals surface area contributed by atoms with E-state index in [0.717, 1.165) is 30.7 Å². The average molecular weight is 505 g/mol. The molecule has 0 unspecified atom stereocenters. The molecule has 0 N–H and O–H groups in total. The minimum Gasteiger partial charge on any atom is -0.487 e. The highest BCUT2D eigenvalue weighted by Gasteiger charge is 2.75. The van der Waals surface area contributed by atoms with Crippen LogP contribution in [0.2, 0.25) is 0 Å². The minimum atomic E-state index is -0.675. The number of furan rings is 1. The SMILES string of the molecule is CC(=O)O[C@@]12CC[C@@H](N(CC(C)C)C(=O)/C=C/c3ccoc3)[C@@H]3Oc4cccc5c4[C@@]31CCN(C)[C@@H]2C5. The van der Waals surface area contributed by atoms with Crippen molar-refractivity contribution in [3.05, 3.63) is 59.6 Å². The molecule has 6 rings (SSSR count). The summed E-state index contributed by atoms with van der Waals surface area (Å²) < 4.78 is 18.5. The van der Waals surface area contributed by atoms with Gasteiger partial charge >= 0.3 is 5.97 Å². The van der Waals surface area contributed by atoms with Gasteiger partial charge in [0, 0.05) is 30.7 Å². The summed E-state index contributed by atoms with van der Waals surface area (Å²) in [5, 5.41) is 0. The zero-order valence-electron chi connectivity index (χ0n) is 22.1. The highest BCUT2D eigenvalue weighted by atomic mass is 16.6. The maximum absolute atomic E-state index is 13.7. The van der Waals surface area contributed by atoms with Crippen molar-refractivity contribution >= 4 is 18.0 Å². The van der Waals surface area contributed by atoms with Crippen molar-refractivity contribution in [1.29, 1.82) is 0 Å². The molecule has 1 aromatic carbocycles. The van der Waals surface area contributed by atoms with Crippen molar-refractivity contribution in [1.82, 2.24) is 9.80 Å². The lowest BCUT2D eigenvalue weighted by Gasteiger charge is -2.65. The summed E-state index contributed by atoms with van der Waals surface area (Å²) in [4.78, 5) is 30.7. The number of amides is 1. The Labute approximate surface area is 218 Å². The van der Waals surface area contributed by atoms with Gasteiger partial charge in [0.25, 0.3) is 0 Å². The van der Waals surface area contributed by atoms with Gasteiger partial charge in [-0.2, -0.15) is 0 Å². The molecule has 3 heterocycles. The number of rotatable bonds is 6. The second-order valence-electron chi connectivity index (χ2n) is 11.6. The van der Waals surface area contributed by atoms with Crippen molar-refractivity contribution < 1.29 is 23.5 Å². The summed E-state index contributed by atoms with van der Waals surface area (Å²) in [5.74, 6) is 0.902. The molecule has 1 amide bonds. The molecule has 1 saturated heterocycles. The molecule has 196 valence electrons. The van der Waals surface area contributed by atoms with Crippen LogP contribution in [-0.2, 0) is 26.2 Å². The van der Waals surface area contributed by atoms with E-state index in [1.165, 1.54) is 18.1 Å². The number of piperidine rings is 1. The van der Waals surface area contributed by atoms with Gasteiger partial charge in [-0.3, -0.25) is 14.5 Å². The molecule has 0 radical (unpaired) electrons. The predicted molar refractivity (Wildman–Crippen MR) is 139 cm³/mol. The van der Waals surface area contributed by atoms with E-state index in [0.29, 0.717) is 25.3 Å². The zero-order chi connectivity index (χ0) is 25.9. The fraction of sp³-hybridized carbons (Fsp3) is 0.533. The van der Waals surface area contributed by atoms with Crippen LogP contribution in [0.25, 0.3) is 6.08 Å². The van der Waals surface area contributed by atoms with Gasteiger partial charge in [0.05, 0.1) is 30.0 Å². The number of hydrogen-bond donors (Lipinski definition) is 0. The van der Waals surface area contributed by atoms with Gasteiger partial charge in [-0.25, -0.2) is 0 Å². The summed E-state index contributed by atoms with van der Waals surface area (Å²) >= 11 is 0. The zero-order valence-corrected chi connectivity index (χ0v) is 22.1. The standard InChI is InChI=1S/C30H36N2O5/c1-19(2)17-32(26(34)9-8-21-11-15-35-18-21)23-10-12-30(37-20(3)33)25-16-22-6-5-7-24-27(22)29(30,28(23)36-24)13-14-31(25)4/h5-9,11,15,18-19,23,25,28H,10,12-14,16-17H2,1-4H3/b9-8+/t23-,25-,28+,29+,30-/m1/s1. The lowest BCUT2D eigenvalue weighted by atomic mass is 9.48. The summed E-state index contributed by atoms with van der Waals surface area (Å²) in [7, 11) is 2.14. The van der Waals surface area contributed by atoms with E-state index < -0.39 is 11.0 Å². The van der Waals surface area contributed by atoms with E-state index in [2.05, 4.69) is 37.9 Å². The number of carbonyl (C=O) groups is 2. The van der Waals surface area contributed by atoms with Crippen LogP contribution in [0.3, 0.4) is 0 Å². The second kappa shape index (κ2) is 8.76. The molecule has 7 heteroatoms. The third kappa shape index (κ3) is 3.50. The van der Waals surface area contributed by atoms with E-state index in [1.807, 2.05) is 17.0 Å². The number of benzene rings is 1. The highest BCUT2D eigenvalue weighted by molar-refractivity contribution is 5.92. The maximum Gasteiger partial charge on any atom is 0.303 e. The van der Waals surface area contributed by atoms with E-state index in [1.54, 1.807) is 24.7 Å². The summed E-state index contributed by atoms with van der Waals surface area (Å²) in [5.41, 5.74) is 2.19. The molecule has 37 heavy (non-hydrogen) atoms. The Kier molecular flexibility index (Phi) is 5.75. The fourth-order valence-corrected chi connectivity index (χ4v) is 7.86. The van der Waals surface area contributed by atoms with E-state index in [4.69, 9.17) is 13.9 Å². The van der Waals surface area contributed by atoms with Crippen LogP contribution < -0.4 is 4.74 Å². The van der Waals surface area contributed by atoms with Crippen molar-refractivity contribution in [3.63, 3.8) is 0 Å². The van der Waals surface area contributed by atoms with Crippen molar-refractivity contribution in [3.8, 4) is 5.75 Å². The van der Waals surface area contributed by atoms with Crippen LogP contribution in [0, 0.1) is 5.92 Å². The van der Waals surface area contributed by atoms with Crippen molar-refractivity contribution in [2.24, 2.45) is 5.92 Å². The largest absolute Gasteiger partial charge is 0.487 e. The molecule has 2 aromatic rings. The summed E-state index contributed by atoms with van der Waals surface area (Å²) in [6.45, 7) is 7.32. The number of likely N-dealkylation sites (N-methyl/N-ethyl adjacent to an activating group) is 1. The monoisotopic (exact) mass is 504 g/mol. The predicted octanol–water partition coefficient (Wildman–Crippen LogP) is 4.20. The molecule has 5 atom stereocenters. The molecule has 7 nitrogen and oxygen atoms in total. The smallest absolute Gasteiger partial charge is 0.303 e. The van der Waals surface area contributed by atoms with E-state index >= 15 is 0 Å². The normalized spacial score (nSPS) is 31.8. The van der Waals surface area contributed by atoms with Crippen LogP contribution in [0.4, 0.5) is 0 Å². The first-order chi connectivity index (χ1) is 17.8. The van der Waals surface area contributed by atoms with Gasteiger partial charge in [0.1, 0.15) is 17.5 Å². The number of hydrogen-bond acceptors (Lipinski definition) is 6. The molecule has 1 aromatic heterocycles. The Hall–Kier alpha value is -3.06. The van der Waals surface area contributed by atoms with Crippen LogP contribution in [0.1, 0.15) is 56.7 Å². The molecular weight excluding hydrogens is 468 g/mol. The van der Waals surface area contributed by atoms with Crippen LogP contribution in [-0.4, -0.2) is 65.6 Å². The number of carbonyl (C=O) groups excluding carboxylic acids is 2. The minimum absolute atomic E-state index is 0.0312.